The number of aliphatic hydroxyl groups excluding tert-OH is 1. The topological polar surface area (TPSA) is 151 Å². The predicted molar refractivity (Wildman–Crippen MR) is 99.7 cm³/mol. The molecule has 148 valence electrons. The van der Waals surface area contributed by atoms with Gasteiger partial charge in [0.15, 0.2) is 0 Å². The van der Waals surface area contributed by atoms with Crippen LogP contribution in [0.4, 0.5) is 11.4 Å². The summed E-state index contributed by atoms with van der Waals surface area (Å²) in [6, 6.07) is 10.6. The van der Waals surface area contributed by atoms with Crippen molar-refractivity contribution in [3.8, 4) is 0 Å². The molecule has 0 saturated carbocycles. The highest BCUT2D eigenvalue weighted by molar-refractivity contribution is 5.42. The number of rotatable bonds is 4. The Bertz CT molecular complexity index is 892. The summed E-state index contributed by atoms with van der Waals surface area (Å²) in [4.78, 5) is 21.2. The molecule has 0 radical (unpaired) electrons. The Morgan fingerprint density at radius 1 is 1.00 bits per heavy atom. The van der Waals surface area contributed by atoms with Crippen molar-refractivity contribution < 1.29 is 20.1 Å². The van der Waals surface area contributed by atoms with Gasteiger partial charge in [-0.25, -0.2) is 0 Å². The summed E-state index contributed by atoms with van der Waals surface area (Å²) in [6.07, 6.45) is -0.726. The van der Waals surface area contributed by atoms with E-state index >= 15 is 0 Å². The van der Waals surface area contributed by atoms with Crippen LogP contribution < -0.4 is 10.6 Å². The highest BCUT2D eigenvalue weighted by atomic mass is 16.6. The minimum atomic E-state index is -1.65. The van der Waals surface area contributed by atoms with Crippen molar-refractivity contribution in [1.29, 1.82) is 0 Å². The molecule has 0 aliphatic carbocycles. The second-order valence-corrected chi connectivity index (χ2v) is 6.71. The van der Waals surface area contributed by atoms with E-state index in [2.05, 4.69) is 10.6 Å². The van der Waals surface area contributed by atoms with Crippen molar-refractivity contribution in [2.24, 2.45) is 0 Å². The molecule has 1 aliphatic rings. The first kappa shape index (κ1) is 19.8. The van der Waals surface area contributed by atoms with Gasteiger partial charge in [0, 0.05) is 43.9 Å². The second-order valence-electron chi connectivity index (χ2n) is 6.71. The number of nitro benzene ring substituents is 2. The molecule has 3 unspecified atom stereocenters. The van der Waals surface area contributed by atoms with Crippen molar-refractivity contribution in [3.63, 3.8) is 0 Å². The maximum atomic E-state index is 11.6. The van der Waals surface area contributed by atoms with E-state index in [9.17, 15) is 30.4 Å². The predicted octanol–water partition coefficient (Wildman–Crippen LogP) is 0.986. The third kappa shape index (κ3) is 3.99. The summed E-state index contributed by atoms with van der Waals surface area (Å²) in [7, 11) is 0. The van der Waals surface area contributed by atoms with Crippen LogP contribution in [0.1, 0.15) is 17.2 Å². The summed E-state index contributed by atoms with van der Waals surface area (Å²) >= 11 is 0. The third-order valence-corrected chi connectivity index (χ3v) is 4.78. The van der Waals surface area contributed by atoms with Crippen LogP contribution in [0.5, 0.6) is 0 Å². The zero-order valence-electron chi connectivity index (χ0n) is 14.8. The quantitative estimate of drug-likeness (QED) is 0.447. The van der Waals surface area contributed by atoms with Gasteiger partial charge in [0.1, 0.15) is 5.60 Å². The van der Waals surface area contributed by atoms with Gasteiger partial charge >= 0.3 is 0 Å². The SMILES string of the molecule is O=[N+]([O-])c1cccc(C2NCC(O)CNCC2(O)c2cccc([N+](=O)[O-])c2)c1. The van der Waals surface area contributed by atoms with E-state index in [1.807, 2.05) is 0 Å². The average Bonchev–Trinajstić information content (AvgIpc) is 2.67. The molecule has 0 aromatic heterocycles. The molecule has 0 spiro atoms. The lowest BCUT2D eigenvalue weighted by Crippen LogP contribution is -2.54. The molecule has 4 N–H and O–H groups in total. The summed E-state index contributed by atoms with van der Waals surface area (Å²) in [5.74, 6) is 0. The molecule has 1 fully saturated rings. The molecule has 3 rings (SSSR count). The van der Waals surface area contributed by atoms with E-state index in [0.29, 0.717) is 5.56 Å². The fourth-order valence-electron chi connectivity index (χ4n) is 3.40. The maximum absolute atomic E-state index is 11.6. The van der Waals surface area contributed by atoms with Gasteiger partial charge in [0.2, 0.25) is 0 Å². The van der Waals surface area contributed by atoms with E-state index in [-0.39, 0.29) is 36.6 Å². The number of aliphatic hydroxyl groups is 2. The fourth-order valence-corrected chi connectivity index (χ4v) is 3.40. The van der Waals surface area contributed by atoms with E-state index in [1.165, 1.54) is 36.4 Å². The number of hydrogen-bond acceptors (Lipinski definition) is 8. The number of nitrogens with one attached hydrogen (secondary N) is 2. The van der Waals surface area contributed by atoms with E-state index in [1.54, 1.807) is 12.1 Å². The molecule has 10 nitrogen and oxygen atoms in total. The number of hydrogen-bond donors (Lipinski definition) is 4. The Morgan fingerprint density at radius 2 is 1.64 bits per heavy atom. The van der Waals surface area contributed by atoms with Crippen LogP contribution in [0.2, 0.25) is 0 Å². The normalized spacial score (nSPS) is 25.5. The van der Waals surface area contributed by atoms with Crippen LogP contribution >= 0.6 is 0 Å². The van der Waals surface area contributed by atoms with Gasteiger partial charge in [-0.3, -0.25) is 20.2 Å². The van der Waals surface area contributed by atoms with Crippen molar-refractivity contribution >= 4 is 11.4 Å². The van der Waals surface area contributed by atoms with Gasteiger partial charge in [0.05, 0.1) is 22.0 Å². The van der Waals surface area contributed by atoms with Crippen LogP contribution in [0.15, 0.2) is 48.5 Å². The minimum Gasteiger partial charge on any atom is -0.390 e. The maximum Gasteiger partial charge on any atom is 0.269 e. The molecule has 2 aromatic carbocycles. The van der Waals surface area contributed by atoms with Gasteiger partial charge in [0.25, 0.3) is 11.4 Å². The van der Waals surface area contributed by atoms with E-state index in [4.69, 9.17) is 0 Å². The Hall–Kier alpha value is -2.92. The zero-order valence-corrected chi connectivity index (χ0v) is 14.8. The van der Waals surface area contributed by atoms with Gasteiger partial charge in [-0.2, -0.15) is 0 Å². The molecule has 1 saturated heterocycles. The number of non-ortho nitro benzene ring substituents is 2. The number of β-amino-alcohol motifs (C(OH)–C–C–N with tert-alkyl or cyclic N) is 2. The van der Waals surface area contributed by atoms with Gasteiger partial charge < -0.3 is 20.8 Å². The molecule has 0 amide bonds. The molecular weight excluding hydrogens is 368 g/mol. The highest BCUT2D eigenvalue weighted by Crippen LogP contribution is 2.37. The first-order valence-corrected chi connectivity index (χ1v) is 8.65. The van der Waals surface area contributed by atoms with Crippen molar-refractivity contribution in [2.45, 2.75) is 17.7 Å². The number of nitro groups is 2. The molecule has 10 heteroatoms. The Kier molecular flexibility index (Phi) is 5.66. The Balaban J connectivity index is 2.10. The molecule has 28 heavy (non-hydrogen) atoms. The molecular formula is C18H20N4O6. The minimum absolute atomic E-state index is 0.0222. The second kappa shape index (κ2) is 7.98. The van der Waals surface area contributed by atoms with Crippen LogP contribution in [0, 0.1) is 20.2 Å². The fraction of sp³-hybridized carbons (Fsp3) is 0.333. The first-order chi connectivity index (χ1) is 13.3. The zero-order chi connectivity index (χ0) is 20.3. The van der Waals surface area contributed by atoms with Gasteiger partial charge in [-0.1, -0.05) is 24.3 Å². The largest absolute Gasteiger partial charge is 0.390 e. The van der Waals surface area contributed by atoms with Gasteiger partial charge in [-0.15, -0.1) is 0 Å². The van der Waals surface area contributed by atoms with Crippen molar-refractivity contribution in [2.75, 3.05) is 19.6 Å². The monoisotopic (exact) mass is 388 g/mol. The van der Waals surface area contributed by atoms with Crippen LogP contribution in [-0.2, 0) is 5.60 Å². The molecule has 1 heterocycles. The lowest BCUT2D eigenvalue weighted by atomic mass is 9.81. The molecule has 3 atom stereocenters. The number of benzene rings is 2. The van der Waals surface area contributed by atoms with Crippen LogP contribution in [0.3, 0.4) is 0 Å². The highest BCUT2D eigenvalue weighted by Gasteiger charge is 2.41. The van der Waals surface area contributed by atoms with Gasteiger partial charge in [-0.05, 0) is 11.1 Å². The Labute approximate surface area is 160 Å². The molecule has 2 aromatic rings. The molecule has 1 aliphatic heterocycles. The first-order valence-electron chi connectivity index (χ1n) is 8.65. The van der Waals surface area contributed by atoms with Crippen LogP contribution in [-0.4, -0.2) is 45.8 Å². The smallest absolute Gasteiger partial charge is 0.269 e. The average molecular weight is 388 g/mol. The summed E-state index contributed by atoms with van der Waals surface area (Å²) in [6.45, 7) is 0.315. The standard InChI is InChI=1S/C18H20N4O6/c23-16-9-19-11-18(24,13-4-2-6-15(8-13)22(27)28)17(20-10-16)12-3-1-5-14(7-12)21(25)26/h1-8,16-17,19-20,23-24H,9-11H2. The lowest BCUT2D eigenvalue weighted by Gasteiger charge is -2.40. The third-order valence-electron chi connectivity index (χ3n) is 4.78. The lowest BCUT2D eigenvalue weighted by molar-refractivity contribution is -0.385. The van der Waals surface area contributed by atoms with E-state index < -0.39 is 27.6 Å². The van der Waals surface area contributed by atoms with Crippen molar-refractivity contribution in [3.05, 3.63) is 79.9 Å². The number of nitrogens with zero attached hydrogens (tertiary/aromatic N) is 2. The summed E-state index contributed by atoms with van der Waals surface area (Å²) in [5, 5.41) is 49.9. The van der Waals surface area contributed by atoms with Crippen molar-refractivity contribution in [1.82, 2.24) is 10.6 Å². The summed E-state index contributed by atoms with van der Waals surface area (Å²) < 4.78 is 0. The van der Waals surface area contributed by atoms with Crippen LogP contribution in [0.25, 0.3) is 0 Å². The Morgan fingerprint density at radius 3 is 2.32 bits per heavy atom. The summed E-state index contributed by atoms with van der Waals surface area (Å²) in [5.41, 5.74) is -1.25. The molecule has 0 bridgehead atoms. The van der Waals surface area contributed by atoms with E-state index in [0.717, 1.165) is 0 Å².